The first-order valence-corrected chi connectivity index (χ1v) is 9.29. The highest BCUT2D eigenvalue weighted by Crippen LogP contribution is 2.25. The van der Waals surface area contributed by atoms with Gasteiger partial charge in [0.2, 0.25) is 5.95 Å². The number of primary amides is 1. The van der Waals surface area contributed by atoms with Crippen molar-refractivity contribution in [1.82, 2.24) is 9.97 Å². The van der Waals surface area contributed by atoms with Crippen LogP contribution in [0.5, 0.6) is 0 Å². The van der Waals surface area contributed by atoms with Crippen LogP contribution in [-0.4, -0.2) is 24.3 Å². The van der Waals surface area contributed by atoms with Crippen molar-refractivity contribution in [3.63, 3.8) is 0 Å². The molecule has 0 saturated heterocycles. The zero-order valence-electron chi connectivity index (χ0n) is 14.2. The summed E-state index contributed by atoms with van der Waals surface area (Å²) in [6.07, 6.45) is 4.08. The van der Waals surface area contributed by atoms with Crippen molar-refractivity contribution >= 4 is 28.0 Å². The van der Waals surface area contributed by atoms with E-state index in [0.29, 0.717) is 11.3 Å². The van der Waals surface area contributed by atoms with Crippen molar-refractivity contribution in [2.24, 2.45) is 5.73 Å². The highest BCUT2D eigenvalue weighted by atomic mass is 32.2. The molecule has 0 spiro atoms. The number of furan rings is 1. The summed E-state index contributed by atoms with van der Waals surface area (Å²) < 4.78 is 32.6. The third-order valence-electron chi connectivity index (χ3n) is 3.54. The molecule has 0 fully saturated rings. The maximum atomic E-state index is 12.4. The molecule has 10 heteroatoms. The third kappa shape index (κ3) is 4.22. The van der Waals surface area contributed by atoms with Gasteiger partial charge in [0.1, 0.15) is 23.2 Å². The molecular weight excluding hydrogens is 382 g/mol. The number of hydrogen-bond acceptors (Lipinski definition) is 7. The van der Waals surface area contributed by atoms with E-state index in [9.17, 15) is 13.2 Å². The van der Waals surface area contributed by atoms with E-state index in [4.69, 9.17) is 15.4 Å². The van der Waals surface area contributed by atoms with E-state index in [0.717, 1.165) is 0 Å². The minimum atomic E-state index is -3.84. The first-order chi connectivity index (χ1) is 13.4. The number of anilines is 1. The van der Waals surface area contributed by atoms with Crippen LogP contribution in [0.4, 0.5) is 5.95 Å². The summed E-state index contributed by atoms with van der Waals surface area (Å²) in [5, 5.41) is 8.86. The zero-order chi connectivity index (χ0) is 20.1. The van der Waals surface area contributed by atoms with E-state index < -0.39 is 15.9 Å². The predicted octanol–water partition coefficient (Wildman–Crippen LogP) is 1.93. The lowest BCUT2D eigenvalue weighted by Gasteiger charge is -2.06. The molecule has 3 rings (SSSR count). The van der Waals surface area contributed by atoms with Crippen molar-refractivity contribution < 1.29 is 17.6 Å². The van der Waals surface area contributed by atoms with Crippen LogP contribution in [0.2, 0.25) is 0 Å². The largest absolute Gasteiger partial charge is 0.457 e. The molecule has 0 bridgehead atoms. The zero-order valence-corrected chi connectivity index (χ0v) is 15.1. The topological polar surface area (TPSA) is 152 Å². The molecule has 0 unspecified atom stereocenters. The number of hydrogen-bond donors (Lipinski definition) is 2. The molecule has 0 radical (unpaired) electrons. The van der Waals surface area contributed by atoms with Crippen LogP contribution in [0.25, 0.3) is 17.4 Å². The summed E-state index contributed by atoms with van der Waals surface area (Å²) in [5.74, 6) is -0.192. The van der Waals surface area contributed by atoms with Gasteiger partial charge in [-0.25, -0.2) is 23.1 Å². The van der Waals surface area contributed by atoms with Gasteiger partial charge in [0.15, 0.2) is 0 Å². The van der Waals surface area contributed by atoms with Crippen molar-refractivity contribution in [3.05, 3.63) is 66.2 Å². The number of sulfonamides is 1. The van der Waals surface area contributed by atoms with Crippen LogP contribution in [0.1, 0.15) is 5.76 Å². The third-order valence-corrected chi connectivity index (χ3v) is 4.88. The van der Waals surface area contributed by atoms with Crippen LogP contribution in [0.3, 0.4) is 0 Å². The van der Waals surface area contributed by atoms with Gasteiger partial charge in [0.05, 0.1) is 4.90 Å². The molecule has 0 aliphatic rings. The first kappa shape index (κ1) is 18.8. The Morgan fingerprint density at radius 3 is 2.43 bits per heavy atom. The monoisotopic (exact) mass is 395 g/mol. The summed E-state index contributed by atoms with van der Waals surface area (Å²) in [7, 11) is -3.84. The van der Waals surface area contributed by atoms with E-state index >= 15 is 0 Å². The summed E-state index contributed by atoms with van der Waals surface area (Å²) in [5.41, 5.74) is 5.45. The number of nitrogens with two attached hydrogens (primary N) is 1. The Morgan fingerprint density at radius 2 is 1.82 bits per heavy atom. The highest BCUT2D eigenvalue weighted by Gasteiger charge is 2.16. The maximum absolute atomic E-state index is 12.4. The summed E-state index contributed by atoms with van der Waals surface area (Å²) in [6, 6.07) is 12.4. The van der Waals surface area contributed by atoms with Crippen LogP contribution < -0.4 is 10.5 Å². The molecule has 0 aliphatic carbocycles. The number of aromatic nitrogens is 2. The molecule has 1 amide bonds. The minimum Gasteiger partial charge on any atom is -0.457 e. The Morgan fingerprint density at radius 1 is 1.14 bits per heavy atom. The molecule has 2 aromatic heterocycles. The molecule has 3 N–H and O–H groups in total. The summed E-state index contributed by atoms with van der Waals surface area (Å²) in [6.45, 7) is 0. The van der Waals surface area contributed by atoms with Gasteiger partial charge in [-0.2, -0.15) is 5.26 Å². The van der Waals surface area contributed by atoms with Crippen LogP contribution in [-0.2, 0) is 14.8 Å². The number of carbonyl (C=O) groups excluding carboxylic acids is 1. The van der Waals surface area contributed by atoms with Gasteiger partial charge in [0.25, 0.3) is 15.9 Å². The lowest BCUT2D eigenvalue weighted by atomic mass is 10.2. The molecule has 140 valence electrons. The van der Waals surface area contributed by atoms with E-state index in [-0.39, 0.29) is 22.2 Å². The van der Waals surface area contributed by atoms with Crippen LogP contribution in [0.15, 0.2) is 69.7 Å². The Labute approximate surface area is 160 Å². The fourth-order valence-electron chi connectivity index (χ4n) is 2.22. The number of nitrogens with one attached hydrogen (secondary N) is 1. The van der Waals surface area contributed by atoms with E-state index in [1.807, 2.05) is 0 Å². The maximum Gasteiger partial charge on any atom is 0.264 e. The van der Waals surface area contributed by atoms with Crippen molar-refractivity contribution in [3.8, 4) is 17.4 Å². The number of rotatable bonds is 6. The normalized spacial score (nSPS) is 11.6. The fraction of sp³-hybridized carbons (Fsp3) is 0. The van der Waals surface area contributed by atoms with Crippen molar-refractivity contribution in [2.45, 2.75) is 4.90 Å². The van der Waals surface area contributed by atoms with Gasteiger partial charge in [-0.3, -0.25) is 4.79 Å². The lowest BCUT2D eigenvalue weighted by Crippen LogP contribution is -2.14. The standard InChI is InChI=1S/C18H13N5O4S/c19-11-13(17(20)24)10-14-4-7-16(27-14)12-2-5-15(6-3-12)28(25,26)23-18-21-8-1-9-22-18/h1-10H,(H2,20,24)(H,21,22,23). The molecular formula is C18H13N5O4S. The van der Waals surface area contributed by atoms with Crippen LogP contribution >= 0.6 is 0 Å². The van der Waals surface area contributed by atoms with Crippen molar-refractivity contribution in [2.75, 3.05) is 4.72 Å². The van der Waals surface area contributed by atoms with Gasteiger partial charge >= 0.3 is 0 Å². The summed E-state index contributed by atoms with van der Waals surface area (Å²) in [4.78, 5) is 18.8. The Kier molecular flexibility index (Phi) is 5.19. The van der Waals surface area contributed by atoms with Gasteiger partial charge in [-0.1, -0.05) is 0 Å². The van der Waals surface area contributed by atoms with Crippen LogP contribution in [0, 0.1) is 11.3 Å². The Hall–Kier alpha value is -3.97. The van der Waals surface area contributed by atoms with Crippen molar-refractivity contribution in [1.29, 1.82) is 5.26 Å². The first-order valence-electron chi connectivity index (χ1n) is 7.81. The van der Waals surface area contributed by atoms with E-state index in [1.54, 1.807) is 36.4 Å². The highest BCUT2D eigenvalue weighted by molar-refractivity contribution is 7.92. The SMILES string of the molecule is N#CC(=Cc1ccc(-c2ccc(S(=O)(=O)Nc3ncccn3)cc2)o1)C(N)=O. The molecule has 28 heavy (non-hydrogen) atoms. The molecule has 0 atom stereocenters. The average molecular weight is 395 g/mol. The van der Waals surface area contributed by atoms with Gasteiger partial charge in [-0.05, 0) is 42.5 Å². The quantitative estimate of drug-likeness (QED) is 0.478. The second-order valence-corrected chi connectivity index (χ2v) is 7.12. The van der Waals surface area contributed by atoms with E-state index in [2.05, 4.69) is 14.7 Å². The smallest absolute Gasteiger partial charge is 0.264 e. The minimum absolute atomic E-state index is 0.0240. The lowest BCUT2D eigenvalue weighted by molar-refractivity contribution is -0.114. The van der Waals surface area contributed by atoms with E-state index in [1.165, 1.54) is 30.6 Å². The number of carbonyl (C=O) groups is 1. The van der Waals surface area contributed by atoms with Gasteiger partial charge in [0, 0.05) is 24.0 Å². The predicted molar refractivity (Wildman–Crippen MR) is 99.8 cm³/mol. The number of benzene rings is 1. The molecule has 9 nitrogen and oxygen atoms in total. The molecule has 0 saturated carbocycles. The summed E-state index contributed by atoms with van der Waals surface area (Å²) >= 11 is 0. The number of nitrogens with zero attached hydrogens (tertiary/aromatic N) is 3. The molecule has 2 heterocycles. The van der Waals surface area contributed by atoms with Gasteiger partial charge < -0.3 is 10.2 Å². The molecule has 1 aromatic carbocycles. The Balaban J connectivity index is 1.82. The number of amides is 1. The second-order valence-electron chi connectivity index (χ2n) is 5.44. The second kappa shape index (κ2) is 7.73. The molecule has 3 aromatic rings. The van der Waals surface area contributed by atoms with Gasteiger partial charge in [-0.15, -0.1) is 0 Å². The number of nitriles is 1. The fourth-order valence-corrected chi connectivity index (χ4v) is 3.17. The average Bonchev–Trinajstić information content (AvgIpc) is 3.15. The molecule has 0 aliphatic heterocycles. The Bertz CT molecular complexity index is 1180.